The Morgan fingerprint density at radius 2 is 1.44 bits per heavy atom. The van der Waals surface area contributed by atoms with E-state index in [1.807, 2.05) is 32.9 Å². The smallest absolute Gasteiger partial charge is 0.195 e. The normalized spacial score (nSPS) is 10.6. The summed E-state index contributed by atoms with van der Waals surface area (Å²) in [5.74, 6) is 4.51. The van der Waals surface area contributed by atoms with Gasteiger partial charge in [-0.25, -0.2) is 0 Å². The number of carbonyl (C=O) groups is 1. The van der Waals surface area contributed by atoms with Crippen LogP contribution in [0.25, 0.3) is 0 Å². The molecule has 25 heavy (non-hydrogen) atoms. The number of aliphatic hydroxyl groups is 1. The lowest BCUT2D eigenvalue weighted by Gasteiger charge is -2.09. The summed E-state index contributed by atoms with van der Waals surface area (Å²) in [5.41, 5.74) is 3.58. The predicted molar refractivity (Wildman–Crippen MR) is 102 cm³/mol. The highest BCUT2D eigenvalue weighted by molar-refractivity contribution is 5.99. The molecule has 4 N–H and O–H groups in total. The standard InChI is InChI=1S/C14H12O2.C4H10O.C2H8N2/c15-13(11-7-3-1-4-8-11)14(16)12-9-5-2-6-10-12;1-3-5-4-2;1-2-4-3/h1-10,13,15H;3-4H2,1-2H3;4H,2-3H2,1H3. The van der Waals surface area contributed by atoms with Gasteiger partial charge in [-0.3, -0.25) is 16.1 Å². The second kappa shape index (κ2) is 15.5. The maximum Gasteiger partial charge on any atom is 0.195 e. The van der Waals surface area contributed by atoms with E-state index < -0.39 is 6.10 Å². The third kappa shape index (κ3) is 10.4. The minimum absolute atomic E-state index is 0.271. The van der Waals surface area contributed by atoms with Crippen LogP contribution in [0, 0.1) is 0 Å². The first-order valence-electron chi connectivity index (χ1n) is 8.45. The minimum Gasteiger partial charge on any atom is -0.382 e. The number of ether oxygens (including phenoxy) is 1. The number of carbonyl (C=O) groups excluding carboxylic acids is 1. The Balaban J connectivity index is 0.000000536. The number of hydrogen-bond donors (Lipinski definition) is 3. The number of benzene rings is 2. The number of aliphatic hydroxyl groups excluding tert-OH is 1. The van der Waals surface area contributed by atoms with Crippen LogP contribution in [0.4, 0.5) is 0 Å². The highest BCUT2D eigenvalue weighted by Crippen LogP contribution is 2.17. The molecule has 0 heterocycles. The maximum absolute atomic E-state index is 11.9. The molecule has 2 aromatic rings. The van der Waals surface area contributed by atoms with E-state index in [0.29, 0.717) is 11.1 Å². The number of nitrogens with two attached hydrogens (primary N) is 1. The fourth-order valence-corrected chi connectivity index (χ4v) is 1.75. The molecule has 2 rings (SSSR count). The molecule has 0 amide bonds. The lowest BCUT2D eigenvalue weighted by atomic mass is 10.0. The van der Waals surface area contributed by atoms with Crippen LogP contribution in [0.1, 0.15) is 42.8 Å². The molecule has 0 aromatic heterocycles. The number of hydrogen-bond acceptors (Lipinski definition) is 5. The van der Waals surface area contributed by atoms with E-state index in [2.05, 4.69) is 5.43 Å². The molecule has 5 heteroatoms. The third-order valence-corrected chi connectivity index (χ3v) is 3.03. The molecule has 138 valence electrons. The third-order valence-electron chi connectivity index (χ3n) is 3.03. The molecular weight excluding hydrogens is 316 g/mol. The first kappa shape index (κ1) is 22.9. The van der Waals surface area contributed by atoms with Crippen LogP contribution in [-0.2, 0) is 4.74 Å². The molecule has 0 aliphatic rings. The molecule has 0 bridgehead atoms. The van der Waals surface area contributed by atoms with Gasteiger partial charge in [0.15, 0.2) is 5.78 Å². The number of hydrazine groups is 1. The van der Waals surface area contributed by atoms with Crippen molar-refractivity contribution in [1.82, 2.24) is 5.43 Å². The number of ketones is 1. The summed E-state index contributed by atoms with van der Waals surface area (Å²) in [6, 6.07) is 17.7. The first-order chi connectivity index (χ1) is 12.1. The summed E-state index contributed by atoms with van der Waals surface area (Å²) >= 11 is 0. The van der Waals surface area contributed by atoms with Crippen molar-refractivity contribution in [3.05, 3.63) is 71.8 Å². The Hall–Kier alpha value is -2.05. The zero-order chi connectivity index (χ0) is 18.9. The van der Waals surface area contributed by atoms with Gasteiger partial charge in [-0.15, -0.1) is 0 Å². The predicted octanol–water partition coefficient (Wildman–Crippen LogP) is 3.12. The van der Waals surface area contributed by atoms with E-state index in [4.69, 9.17) is 10.6 Å². The fraction of sp³-hybridized carbons (Fsp3) is 0.350. The molecule has 1 unspecified atom stereocenters. The fourth-order valence-electron chi connectivity index (χ4n) is 1.75. The second-order valence-electron chi connectivity index (χ2n) is 4.88. The van der Waals surface area contributed by atoms with Crippen LogP contribution in [0.15, 0.2) is 60.7 Å². The lowest BCUT2D eigenvalue weighted by Crippen LogP contribution is -2.20. The Kier molecular flexibility index (Phi) is 14.2. The van der Waals surface area contributed by atoms with Crippen LogP contribution in [0.3, 0.4) is 0 Å². The molecular formula is C20H30N2O3. The van der Waals surface area contributed by atoms with Gasteiger partial charge in [0, 0.05) is 25.3 Å². The van der Waals surface area contributed by atoms with E-state index in [-0.39, 0.29) is 5.78 Å². The lowest BCUT2D eigenvalue weighted by molar-refractivity contribution is 0.0747. The van der Waals surface area contributed by atoms with Gasteiger partial charge >= 0.3 is 0 Å². The van der Waals surface area contributed by atoms with Crippen molar-refractivity contribution in [3.8, 4) is 0 Å². The van der Waals surface area contributed by atoms with Gasteiger partial charge in [0.1, 0.15) is 6.10 Å². The number of nitrogens with one attached hydrogen (secondary N) is 1. The summed E-state index contributed by atoms with van der Waals surface area (Å²) < 4.78 is 4.83. The molecule has 2 aromatic carbocycles. The van der Waals surface area contributed by atoms with Gasteiger partial charge < -0.3 is 9.84 Å². The Morgan fingerprint density at radius 3 is 1.80 bits per heavy atom. The van der Waals surface area contributed by atoms with E-state index >= 15 is 0 Å². The van der Waals surface area contributed by atoms with Crippen LogP contribution in [0.5, 0.6) is 0 Å². The Bertz CT molecular complexity index is 543. The van der Waals surface area contributed by atoms with Gasteiger partial charge in [-0.2, -0.15) is 0 Å². The average molecular weight is 346 g/mol. The highest BCUT2D eigenvalue weighted by Gasteiger charge is 2.18. The molecule has 0 radical (unpaired) electrons. The van der Waals surface area contributed by atoms with E-state index in [1.165, 1.54) is 0 Å². The Labute approximate surface area is 150 Å². The van der Waals surface area contributed by atoms with Crippen molar-refractivity contribution in [2.75, 3.05) is 19.8 Å². The van der Waals surface area contributed by atoms with Crippen molar-refractivity contribution >= 4 is 5.78 Å². The summed E-state index contributed by atoms with van der Waals surface area (Å²) in [6.45, 7) is 8.46. The second-order valence-corrected chi connectivity index (χ2v) is 4.88. The zero-order valence-electron chi connectivity index (χ0n) is 15.3. The van der Waals surface area contributed by atoms with Crippen molar-refractivity contribution in [1.29, 1.82) is 0 Å². The molecule has 0 saturated heterocycles. The summed E-state index contributed by atoms with van der Waals surface area (Å²) in [6.07, 6.45) is -1.08. The van der Waals surface area contributed by atoms with Gasteiger partial charge in [-0.1, -0.05) is 67.6 Å². The van der Waals surface area contributed by atoms with E-state index in [0.717, 1.165) is 19.8 Å². The van der Waals surface area contributed by atoms with E-state index in [1.54, 1.807) is 48.5 Å². The van der Waals surface area contributed by atoms with Crippen LogP contribution >= 0.6 is 0 Å². The molecule has 5 nitrogen and oxygen atoms in total. The van der Waals surface area contributed by atoms with Gasteiger partial charge in [0.05, 0.1) is 0 Å². The molecule has 0 saturated carbocycles. The molecule has 0 aliphatic heterocycles. The van der Waals surface area contributed by atoms with E-state index in [9.17, 15) is 9.90 Å². The largest absolute Gasteiger partial charge is 0.382 e. The number of rotatable bonds is 6. The zero-order valence-corrected chi connectivity index (χ0v) is 15.3. The van der Waals surface area contributed by atoms with Crippen molar-refractivity contribution in [2.45, 2.75) is 26.9 Å². The van der Waals surface area contributed by atoms with Crippen molar-refractivity contribution in [3.63, 3.8) is 0 Å². The first-order valence-corrected chi connectivity index (χ1v) is 8.45. The van der Waals surface area contributed by atoms with Crippen molar-refractivity contribution < 1.29 is 14.6 Å². The summed E-state index contributed by atoms with van der Waals surface area (Å²) in [4.78, 5) is 11.9. The summed E-state index contributed by atoms with van der Waals surface area (Å²) in [7, 11) is 0. The van der Waals surface area contributed by atoms with Crippen molar-refractivity contribution in [2.24, 2.45) is 5.84 Å². The molecule has 0 aliphatic carbocycles. The average Bonchev–Trinajstić information content (AvgIpc) is 2.69. The van der Waals surface area contributed by atoms with Gasteiger partial charge in [0.25, 0.3) is 0 Å². The topological polar surface area (TPSA) is 84.6 Å². The van der Waals surface area contributed by atoms with Gasteiger partial charge in [0.2, 0.25) is 0 Å². The molecule has 0 spiro atoms. The van der Waals surface area contributed by atoms with Crippen LogP contribution < -0.4 is 11.3 Å². The Morgan fingerprint density at radius 1 is 1.00 bits per heavy atom. The summed E-state index contributed by atoms with van der Waals surface area (Å²) in [5, 5.41) is 9.89. The number of Topliss-reactive ketones (excluding diaryl/α,β-unsaturated/α-hetero) is 1. The molecule has 1 atom stereocenters. The highest BCUT2D eigenvalue weighted by atomic mass is 16.5. The molecule has 0 fully saturated rings. The van der Waals surface area contributed by atoms with Crippen LogP contribution in [-0.4, -0.2) is 30.6 Å². The quantitative estimate of drug-likeness (QED) is 0.425. The minimum atomic E-state index is -1.08. The maximum atomic E-state index is 11.9. The SMILES string of the molecule is CCNN.CCOCC.O=C(c1ccccc1)C(O)c1ccccc1. The monoisotopic (exact) mass is 346 g/mol. The van der Waals surface area contributed by atoms with Gasteiger partial charge in [-0.05, 0) is 19.4 Å². The van der Waals surface area contributed by atoms with Crippen LogP contribution in [0.2, 0.25) is 0 Å².